The molecule has 0 aliphatic heterocycles. The summed E-state index contributed by atoms with van der Waals surface area (Å²) in [6.07, 6.45) is 0. The van der Waals surface area contributed by atoms with Crippen molar-refractivity contribution in [3.63, 3.8) is 0 Å². The minimum atomic E-state index is -0.889. The van der Waals surface area contributed by atoms with Crippen LogP contribution in [-0.2, 0) is 0 Å². The third kappa shape index (κ3) is 5.48. The van der Waals surface area contributed by atoms with Crippen LogP contribution in [-0.4, -0.2) is 24.8 Å². The van der Waals surface area contributed by atoms with Crippen molar-refractivity contribution in [2.75, 3.05) is 0 Å². The second-order valence-corrected chi connectivity index (χ2v) is 3.74. The van der Waals surface area contributed by atoms with E-state index in [4.69, 9.17) is 22.3 Å². The molecule has 0 aliphatic carbocycles. The van der Waals surface area contributed by atoms with E-state index >= 15 is 0 Å². The summed E-state index contributed by atoms with van der Waals surface area (Å²) in [7, 11) is 0. The van der Waals surface area contributed by atoms with Crippen molar-refractivity contribution in [3.8, 4) is 0 Å². The van der Waals surface area contributed by atoms with Crippen molar-refractivity contribution in [2.24, 2.45) is 11.5 Å². The molecular formula is C2H6GeN4. The standard InChI is InChI=1S/C2H6GeN4/c4-1(5)3-2(6)7/h(H3,4,5)(H3,6,7). The molecule has 5 heteroatoms. The molecule has 0 saturated carbocycles. The predicted molar refractivity (Wildman–Crippen MR) is 29.6 cm³/mol. The van der Waals surface area contributed by atoms with Gasteiger partial charge in [-0.05, 0) is 0 Å². The van der Waals surface area contributed by atoms with Crippen LogP contribution in [0.25, 0.3) is 0 Å². The molecule has 0 amide bonds. The molecule has 6 N–H and O–H groups in total. The van der Waals surface area contributed by atoms with Crippen LogP contribution in [0.5, 0.6) is 0 Å². The molecule has 0 aromatic carbocycles. The maximum absolute atomic E-state index is 6.64. The van der Waals surface area contributed by atoms with Gasteiger partial charge in [0.05, 0.1) is 0 Å². The molecule has 0 spiro atoms. The van der Waals surface area contributed by atoms with Gasteiger partial charge in [0.15, 0.2) is 0 Å². The number of hydrogen-bond donors (Lipinski definition) is 4. The molecule has 0 heterocycles. The van der Waals surface area contributed by atoms with E-state index < -0.39 is 15.4 Å². The van der Waals surface area contributed by atoms with Gasteiger partial charge in [-0.15, -0.1) is 0 Å². The van der Waals surface area contributed by atoms with Crippen molar-refractivity contribution in [3.05, 3.63) is 0 Å². The van der Waals surface area contributed by atoms with Crippen molar-refractivity contribution in [1.29, 1.82) is 10.8 Å². The Labute approximate surface area is 47.8 Å². The van der Waals surface area contributed by atoms with E-state index in [0.717, 1.165) is 0 Å². The third-order valence-corrected chi connectivity index (χ3v) is 1.40. The first-order chi connectivity index (χ1) is 3.13. The van der Waals surface area contributed by atoms with E-state index in [1.165, 1.54) is 0 Å². The molecule has 0 fully saturated rings. The zero-order valence-electron chi connectivity index (χ0n) is 3.65. The van der Waals surface area contributed by atoms with E-state index in [2.05, 4.69) is 0 Å². The normalized spacial score (nSPS) is 8.00. The maximum atomic E-state index is 6.64. The van der Waals surface area contributed by atoms with Gasteiger partial charge in [-0.1, -0.05) is 0 Å². The summed E-state index contributed by atoms with van der Waals surface area (Å²) in [5.74, 6) is 0. The van der Waals surface area contributed by atoms with Crippen LogP contribution in [0.1, 0.15) is 0 Å². The first-order valence-electron chi connectivity index (χ1n) is 1.58. The number of nitrogens with two attached hydrogens (primary N) is 2. The van der Waals surface area contributed by atoms with Gasteiger partial charge in [0.2, 0.25) is 0 Å². The average Bonchev–Trinajstić information content (AvgIpc) is 1.27. The van der Waals surface area contributed by atoms with Crippen LogP contribution in [0.2, 0.25) is 0 Å². The zero-order valence-corrected chi connectivity index (χ0v) is 5.75. The molecule has 0 aromatic rings. The Morgan fingerprint density at radius 3 is 1.43 bits per heavy atom. The Morgan fingerprint density at radius 1 is 1.14 bits per heavy atom. The molecule has 7 heavy (non-hydrogen) atoms. The van der Waals surface area contributed by atoms with Gasteiger partial charge in [-0.2, -0.15) is 0 Å². The quantitative estimate of drug-likeness (QED) is 0.223. The van der Waals surface area contributed by atoms with Crippen LogP contribution in [0.3, 0.4) is 0 Å². The Bertz CT molecular complexity index is 85.9. The Balaban J connectivity index is 3.32. The van der Waals surface area contributed by atoms with Crippen LogP contribution in [0.15, 0.2) is 0 Å². The summed E-state index contributed by atoms with van der Waals surface area (Å²) in [6.45, 7) is 0. The minimum absolute atomic E-state index is 0.0625. The summed E-state index contributed by atoms with van der Waals surface area (Å²) in [6, 6.07) is 0. The molecule has 0 saturated heterocycles. The van der Waals surface area contributed by atoms with Crippen molar-refractivity contribution < 1.29 is 0 Å². The molecule has 0 bridgehead atoms. The summed E-state index contributed by atoms with van der Waals surface area (Å²) in [5, 5.41) is 13.3. The fourth-order valence-corrected chi connectivity index (χ4v) is 0.754. The molecular weight excluding hydrogens is 153 g/mol. The van der Waals surface area contributed by atoms with Gasteiger partial charge >= 0.3 is 47.1 Å². The van der Waals surface area contributed by atoms with E-state index in [1.54, 1.807) is 0 Å². The Morgan fingerprint density at radius 2 is 1.43 bits per heavy atom. The molecule has 4 nitrogen and oxygen atoms in total. The SMILES string of the molecule is N=[C](N)[Ge][C](=N)N. The molecule has 0 aromatic heterocycles. The molecule has 0 aliphatic rings. The summed E-state index contributed by atoms with van der Waals surface area (Å²) >= 11 is -0.889. The van der Waals surface area contributed by atoms with Crippen LogP contribution in [0.4, 0.5) is 0 Å². The fraction of sp³-hybridized carbons (Fsp3) is 0. The first kappa shape index (κ1) is 6.48. The van der Waals surface area contributed by atoms with Crippen molar-refractivity contribution in [2.45, 2.75) is 0 Å². The predicted octanol–water partition coefficient (Wildman–Crippen LogP) is -1.52. The molecule has 0 unspecified atom stereocenters. The van der Waals surface area contributed by atoms with Crippen molar-refractivity contribution >= 4 is 24.8 Å². The van der Waals surface area contributed by atoms with Crippen LogP contribution in [0, 0.1) is 10.8 Å². The van der Waals surface area contributed by atoms with Gasteiger partial charge in [0, 0.05) is 0 Å². The zero-order chi connectivity index (χ0) is 5.86. The molecule has 0 rings (SSSR count). The topological polar surface area (TPSA) is 99.7 Å². The number of nitrogens with one attached hydrogen (secondary N) is 2. The van der Waals surface area contributed by atoms with Crippen LogP contribution < -0.4 is 11.5 Å². The number of rotatable bonds is 2. The second-order valence-electron chi connectivity index (χ2n) is 0.952. The van der Waals surface area contributed by atoms with Gasteiger partial charge in [-0.3, -0.25) is 0 Å². The monoisotopic (exact) mass is 160 g/mol. The Hall–Kier alpha value is -0.517. The Kier molecular flexibility index (Phi) is 2.43. The van der Waals surface area contributed by atoms with Gasteiger partial charge in [-0.25, -0.2) is 0 Å². The summed E-state index contributed by atoms with van der Waals surface area (Å²) < 4.78 is 0.125. The van der Waals surface area contributed by atoms with Gasteiger partial charge < -0.3 is 0 Å². The number of amidine groups is 2. The third-order valence-electron chi connectivity index (χ3n) is 0.269. The van der Waals surface area contributed by atoms with E-state index in [-0.39, 0.29) is 9.34 Å². The van der Waals surface area contributed by atoms with E-state index in [0.29, 0.717) is 0 Å². The molecule has 38 valence electrons. The first-order valence-corrected chi connectivity index (χ1v) is 3.68. The fourth-order valence-electron chi connectivity index (χ4n) is 0.145. The van der Waals surface area contributed by atoms with E-state index in [1.807, 2.05) is 0 Å². The number of hydrogen-bond acceptors (Lipinski definition) is 2. The second kappa shape index (κ2) is 2.62. The van der Waals surface area contributed by atoms with Crippen LogP contribution >= 0.6 is 0 Å². The van der Waals surface area contributed by atoms with Gasteiger partial charge in [0.1, 0.15) is 0 Å². The average molecular weight is 159 g/mol. The van der Waals surface area contributed by atoms with Crippen molar-refractivity contribution in [1.82, 2.24) is 0 Å². The summed E-state index contributed by atoms with van der Waals surface area (Å²) in [5.41, 5.74) is 9.82. The van der Waals surface area contributed by atoms with Gasteiger partial charge in [0.25, 0.3) is 0 Å². The van der Waals surface area contributed by atoms with E-state index in [9.17, 15) is 0 Å². The molecule has 0 atom stereocenters. The molecule has 2 radical (unpaired) electrons. The summed E-state index contributed by atoms with van der Waals surface area (Å²) in [4.78, 5) is 0.